The number of likely N-dealkylation sites (tertiary alicyclic amines) is 1. The van der Waals surface area contributed by atoms with Crippen LogP contribution in [0, 0.1) is 19.3 Å². The predicted octanol–water partition coefficient (Wildman–Crippen LogP) is 4.01. The van der Waals surface area contributed by atoms with Crippen molar-refractivity contribution in [1.29, 1.82) is 0 Å². The van der Waals surface area contributed by atoms with Crippen molar-refractivity contribution in [3.63, 3.8) is 0 Å². The zero-order chi connectivity index (χ0) is 17.3. The fourth-order valence-corrected chi connectivity index (χ4v) is 4.13. The van der Waals surface area contributed by atoms with Crippen LogP contribution in [0.3, 0.4) is 0 Å². The molecule has 0 aliphatic carbocycles. The lowest BCUT2D eigenvalue weighted by molar-refractivity contribution is -0.129. The Balaban J connectivity index is 0.00000169. The summed E-state index contributed by atoms with van der Waals surface area (Å²) < 4.78 is 0. The highest BCUT2D eigenvalue weighted by atomic mass is 35.5. The monoisotopic (exact) mass is 415 g/mol. The third-order valence-corrected chi connectivity index (χ3v) is 5.82. The molecule has 1 unspecified atom stereocenters. The van der Waals surface area contributed by atoms with E-state index in [2.05, 4.69) is 43.1 Å². The summed E-state index contributed by atoms with van der Waals surface area (Å²) in [6.45, 7) is 8.43. The number of aromatic nitrogens is 1. The van der Waals surface area contributed by atoms with Crippen LogP contribution in [-0.2, 0) is 11.2 Å². The average Bonchev–Trinajstić information content (AvgIpc) is 3.12. The van der Waals surface area contributed by atoms with Crippen LogP contribution in [0.15, 0.2) is 24.3 Å². The van der Waals surface area contributed by atoms with Gasteiger partial charge in [0.25, 0.3) is 0 Å². The molecule has 1 atom stereocenters. The van der Waals surface area contributed by atoms with Crippen LogP contribution in [0.5, 0.6) is 0 Å². The van der Waals surface area contributed by atoms with Crippen molar-refractivity contribution >= 4 is 42.1 Å². The first kappa shape index (κ1) is 22.9. The fourth-order valence-electron chi connectivity index (χ4n) is 3.18. The molecular weight excluding hydrogens is 389 g/mol. The minimum atomic E-state index is 0. The number of carbonyl (C=O) groups is 1. The third-order valence-electron chi connectivity index (χ3n) is 4.84. The van der Waals surface area contributed by atoms with Crippen LogP contribution >= 0.6 is 36.2 Å². The maximum Gasteiger partial charge on any atom is 0.227 e. The van der Waals surface area contributed by atoms with Crippen molar-refractivity contribution in [3.05, 3.63) is 39.7 Å². The summed E-state index contributed by atoms with van der Waals surface area (Å²) in [5.41, 5.74) is 9.18. The largest absolute Gasteiger partial charge is 0.342 e. The highest BCUT2D eigenvalue weighted by Crippen LogP contribution is 2.32. The minimum absolute atomic E-state index is 0. The first-order valence-corrected chi connectivity index (χ1v) is 9.23. The molecule has 0 radical (unpaired) electrons. The van der Waals surface area contributed by atoms with E-state index in [9.17, 15) is 4.79 Å². The maximum atomic E-state index is 12.7. The molecule has 144 valence electrons. The Morgan fingerprint density at radius 3 is 2.50 bits per heavy atom. The lowest BCUT2D eigenvalue weighted by Crippen LogP contribution is -2.35. The predicted molar refractivity (Wildman–Crippen MR) is 114 cm³/mol. The van der Waals surface area contributed by atoms with Crippen molar-refractivity contribution in [2.24, 2.45) is 11.1 Å². The van der Waals surface area contributed by atoms with Crippen molar-refractivity contribution in [3.8, 4) is 11.3 Å². The smallest absolute Gasteiger partial charge is 0.227 e. The molecule has 4 nitrogen and oxygen atoms in total. The summed E-state index contributed by atoms with van der Waals surface area (Å²) in [4.78, 5) is 20.4. The molecule has 26 heavy (non-hydrogen) atoms. The quantitative estimate of drug-likeness (QED) is 0.819. The van der Waals surface area contributed by atoms with Crippen LogP contribution in [-0.4, -0.2) is 35.4 Å². The van der Waals surface area contributed by atoms with Gasteiger partial charge in [-0.2, -0.15) is 0 Å². The Hall–Kier alpha value is -1.14. The molecule has 0 bridgehead atoms. The van der Waals surface area contributed by atoms with Gasteiger partial charge in [-0.25, -0.2) is 4.98 Å². The van der Waals surface area contributed by atoms with Gasteiger partial charge in [0.2, 0.25) is 5.91 Å². The minimum Gasteiger partial charge on any atom is -0.342 e. The van der Waals surface area contributed by atoms with Crippen LogP contribution < -0.4 is 5.73 Å². The Bertz CT molecular complexity index is 748. The number of nitrogens with two attached hydrogens (primary N) is 1. The van der Waals surface area contributed by atoms with E-state index in [4.69, 9.17) is 5.73 Å². The topological polar surface area (TPSA) is 59.2 Å². The summed E-state index contributed by atoms with van der Waals surface area (Å²) in [5, 5.41) is 1.00. The molecule has 1 saturated heterocycles. The SMILES string of the molecule is Cc1ccc(-c2nc(C)sc2CC(=O)N2CCC(C)(CN)C2)cc1.Cl.Cl. The standard InChI is InChI=1S/C19H25N3OS.2ClH/c1-13-4-6-15(7-5-13)18-16(24-14(2)21-18)10-17(23)22-9-8-19(3,11-20)12-22;;/h4-7H,8-12,20H2,1-3H3;2*1H. The number of rotatable bonds is 4. The van der Waals surface area contributed by atoms with Gasteiger partial charge < -0.3 is 10.6 Å². The highest BCUT2D eigenvalue weighted by Gasteiger charge is 2.35. The van der Waals surface area contributed by atoms with Gasteiger partial charge in [0.1, 0.15) is 0 Å². The summed E-state index contributed by atoms with van der Waals surface area (Å²) in [6, 6.07) is 8.34. The average molecular weight is 416 g/mol. The first-order chi connectivity index (χ1) is 11.4. The van der Waals surface area contributed by atoms with E-state index < -0.39 is 0 Å². The zero-order valence-electron chi connectivity index (χ0n) is 15.4. The molecule has 1 amide bonds. The second-order valence-electron chi connectivity index (χ2n) is 7.13. The molecule has 2 heterocycles. The number of thiazole rings is 1. The van der Waals surface area contributed by atoms with Gasteiger partial charge in [0.15, 0.2) is 0 Å². The zero-order valence-corrected chi connectivity index (χ0v) is 17.9. The third kappa shape index (κ3) is 4.97. The van der Waals surface area contributed by atoms with Crippen LogP contribution in [0.2, 0.25) is 0 Å². The van der Waals surface area contributed by atoms with Crippen molar-refractivity contribution in [2.45, 2.75) is 33.6 Å². The van der Waals surface area contributed by atoms with Gasteiger partial charge in [0, 0.05) is 23.5 Å². The number of carbonyl (C=O) groups excluding carboxylic acids is 1. The molecule has 1 aromatic heterocycles. The van der Waals surface area contributed by atoms with Crippen LogP contribution in [0.25, 0.3) is 11.3 Å². The van der Waals surface area contributed by atoms with Crippen molar-refractivity contribution < 1.29 is 4.79 Å². The normalized spacial score (nSPS) is 19.0. The second-order valence-corrected chi connectivity index (χ2v) is 8.42. The van der Waals surface area contributed by atoms with Crippen LogP contribution in [0.4, 0.5) is 0 Å². The van der Waals surface area contributed by atoms with E-state index in [1.807, 2.05) is 11.8 Å². The van der Waals surface area contributed by atoms with Gasteiger partial charge in [-0.3, -0.25) is 4.79 Å². The number of amides is 1. The van der Waals surface area contributed by atoms with Gasteiger partial charge in [-0.1, -0.05) is 36.8 Å². The lowest BCUT2D eigenvalue weighted by Gasteiger charge is -2.22. The molecular formula is C19H27Cl2N3OS. The molecule has 3 rings (SSSR count). The van der Waals surface area contributed by atoms with Crippen molar-refractivity contribution in [1.82, 2.24) is 9.88 Å². The number of hydrogen-bond donors (Lipinski definition) is 1. The van der Waals surface area contributed by atoms with E-state index in [0.29, 0.717) is 13.0 Å². The lowest BCUT2D eigenvalue weighted by atomic mass is 9.90. The van der Waals surface area contributed by atoms with Crippen LogP contribution in [0.1, 0.15) is 28.8 Å². The number of nitrogens with zero attached hydrogens (tertiary/aromatic N) is 2. The molecule has 7 heteroatoms. The second kappa shape index (κ2) is 9.18. The molecule has 1 fully saturated rings. The van der Waals surface area contributed by atoms with E-state index in [0.717, 1.165) is 40.7 Å². The number of halogens is 2. The molecule has 0 spiro atoms. The highest BCUT2D eigenvalue weighted by molar-refractivity contribution is 7.12. The molecule has 0 saturated carbocycles. The van der Waals surface area contributed by atoms with Crippen molar-refractivity contribution in [2.75, 3.05) is 19.6 Å². The fraction of sp³-hybridized carbons (Fsp3) is 0.474. The molecule has 2 aromatic rings. The summed E-state index contributed by atoms with van der Waals surface area (Å²) in [6.07, 6.45) is 1.41. The van der Waals surface area contributed by atoms with E-state index >= 15 is 0 Å². The molecule has 1 aliphatic rings. The van der Waals surface area contributed by atoms with E-state index in [1.165, 1.54) is 5.56 Å². The van der Waals surface area contributed by atoms with E-state index in [-0.39, 0.29) is 36.1 Å². The molecule has 1 aliphatic heterocycles. The Morgan fingerprint density at radius 1 is 1.27 bits per heavy atom. The molecule has 2 N–H and O–H groups in total. The number of benzene rings is 1. The van der Waals surface area contributed by atoms with Gasteiger partial charge >= 0.3 is 0 Å². The number of hydrogen-bond acceptors (Lipinski definition) is 4. The van der Waals surface area contributed by atoms with Gasteiger partial charge in [-0.15, -0.1) is 36.2 Å². The van der Waals surface area contributed by atoms with Gasteiger partial charge in [0.05, 0.1) is 17.1 Å². The molecule has 1 aromatic carbocycles. The Kier molecular flexibility index (Phi) is 8.08. The summed E-state index contributed by atoms with van der Waals surface area (Å²) in [7, 11) is 0. The summed E-state index contributed by atoms with van der Waals surface area (Å²) >= 11 is 1.62. The summed E-state index contributed by atoms with van der Waals surface area (Å²) in [5.74, 6) is 0.184. The Morgan fingerprint density at radius 2 is 1.92 bits per heavy atom. The number of aryl methyl sites for hydroxylation is 2. The first-order valence-electron chi connectivity index (χ1n) is 8.41. The van der Waals surface area contributed by atoms with Gasteiger partial charge in [-0.05, 0) is 32.2 Å². The Labute approximate surface area is 172 Å². The maximum absolute atomic E-state index is 12.7. The van der Waals surface area contributed by atoms with E-state index in [1.54, 1.807) is 11.3 Å².